The van der Waals surface area contributed by atoms with Gasteiger partial charge < -0.3 is 9.97 Å². The van der Waals surface area contributed by atoms with Crippen molar-refractivity contribution in [2.45, 2.75) is 0 Å². The van der Waals surface area contributed by atoms with Crippen LogP contribution >= 0.6 is 0 Å². The van der Waals surface area contributed by atoms with E-state index in [1.54, 1.807) is 0 Å². The minimum atomic E-state index is 0.924. The smallest absolute Gasteiger partial charge is 0.0815 e. The molecule has 2 N–H and O–H groups in total. The van der Waals surface area contributed by atoms with E-state index in [-0.39, 0.29) is 0 Å². The molecule has 3 aromatic heterocycles. The molecule has 52 heavy (non-hydrogen) atoms. The molecule has 2 aliphatic rings. The van der Waals surface area contributed by atoms with Crippen LogP contribution in [0.1, 0.15) is 0 Å². The number of aromatic nitrogens is 4. The van der Waals surface area contributed by atoms with Crippen molar-refractivity contribution in [3.8, 4) is 67.3 Å². The Balaban J connectivity index is 1.43. The minimum absolute atomic E-state index is 0.924. The maximum atomic E-state index is 5.53. The second-order valence-corrected chi connectivity index (χ2v) is 13.5. The molecule has 0 radical (unpaired) electrons. The summed E-state index contributed by atoms with van der Waals surface area (Å²) in [6, 6.07) is 60.2. The predicted molar refractivity (Wildman–Crippen MR) is 216 cm³/mol. The molecule has 4 heteroatoms. The zero-order chi connectivity index (χ0) is 34.2. The molecule has 0 amide bonds. The molecule has 2 aliphatic heterocycles. The Bertz CT molecular complexity index is 2850. The Labute approximate surface area is 299 Å². The van der Waals surface area contributed by atoms with Gasteiger partial charge in [0.2, 0.25) is 0 Å². The van der Waals surface area contributed by atoms with E-state index in [2.05, 4.69) is 180 Å². The van der Waals surface area contributed by atoms with Crippen molar-refractivity contribution in [1.29, 1.82) is 0 Å². The van der Waals surface area contributed by atoms with Crippen molar-refractivity contribution in [2.24, 2.45) is 0 Å². The molecule has 0 spiro atoms. The lowest BCUT2D eigenvalue weighted by molar-refractivity contribution is 1.40. The van der Waals surface area contributed by atoms with Gasteiger partial charge in [0.15, 0.2) is 0 Å². The number of H-pyrrole nitrogens is 2. The zero-order valence-corrected chi connectivity index (χ0v) is 28.1. The van der Waals surface area contributed by atoms with Crippen molar-refractivity contribution in [1.82, 2.24) is 19.9 Å². The summed E-state index contributed by atoms with van der Waals surface area (Å²) >= 11 is 0. The van der Waals surface area contributed by atoms with E-state index >= 15 is 0 Å². The van der Waals surface area contributed by atoms with Gasteiger partial charge in [-0.25, -0.2) is 9.97 Å². The molecule has 0 unspecified atom stereocenters. The zero-order valence-electron chi connectivity index (χ0n) is 28.1. The molecular weight excluding hydrogens is 633 g/mol. The van der Waals surface area contributed by atoms with Gasteiger partial charge >= 0.3 is 0 Å². The maximum Gasteiger partial charge on any atom is 0.0815 e. The molecule has 0 fully saturated rings. The molecule has 6 aromatic carbocycles. The number of nitrogens with one attached hydrogen (secondary N) is 2. The normalized spacial score (nSPS) is 11.8. The fraction of sp³-hybridized carbons (Fsp3) is 0. The fourth-order valence-electron chi connectivity index (χ4n) is 8.22. The lowest BCUT2D eigenvalue weighted by Gasteiger charge is -2.07. The summed E-state index contributed by atoms with van der Waals surface area (Å²) in [4.78, 5) is 18.9. The van der Waals surface area contributed by atoms with E-state index in [1.165, 1.54) is 0 Å². The van der Waals surface area contributed by atoms with E-state index in [9.17, 15) is 0 Å². The molecule has 11 rings (SSSR count). The van der Waals surface area contributed by atoms with E-state index < -0.39 is 0 Å². The summed E-state index contributed by atoms with van der Waals surface area (Å²) in [5, 5.41) is 4.56. The van der Waals surface area contributed by atoms with E-state index in [1.807, 2.05) is 0 Å². The lowest BCUT2D eigenvalue weighted by atomic mass is 9.96. The quantitative estimate of drug-likeness (QED) is 0.194. The third-order valence-electron chi connectivity index (χ3n) is 10.5. The topological polar surface area (TPSA) is 57.4 Å². The van der Waals surface area contributed by atoms with Crippen LogP contribution in [0.2, 0.25) is 0 Å². The van der Waals surface area contributed by atoms with Gasteiger partial charge in [-0.3, -0.25) is 0 Å². The molecule has 0 atom stereocenters. The third-order valence-corrected chi connectivity index (χ3v) is 10.5. The molecule has 0 saturated carbocycles. The molecule has 4 nitrogen and oxygen atoms in total. The molecule has 0 aliphatic carbocycles. The summed E-state index contributed by atoms with van der Waals surface area (Å²) < 4.78 is 0. The van der Waals surface area contributed by atoms with Crippen molar-refractivity contribution in [2.75, 3.05) is 0 Å². The Morgan fingerprint density at radius 1 is 0.327 bits per heavy atom. The Morgan fingerprint density at radius 3 is 1.10 bits per heavy atom. The molecule has 242 valence electrons. The highest BCUT2D eigenvalue weighted by Gasteiger charge is 2.25. The van der Waals surface area contributed by atoms with Gasteiger partial charge in [0.25, 0.3) is 0 Å². The summed E-state index contributed by atoms with van der Waals surface area (Å²) in [5.74, 6) is 0. The molecule has 8 bridgehead atoms. The van der Waals surface area contributed by atoms with Crippen molar-refractivity contribution < 1.29 is 0 Å². The molecule has 5 heterocycles. The first-order valence-corrected chi connectivity index (χ1v) is 17.7. The molecule has 9 aromatic rings. The van der Waals surface area contributed by atoms with Crippen molar-refractivity contribution >= 4 is 43.6 Å². The SMILES string of the molecule is c1ccc(-c2c3nc(cc4[nH]c(c(-c5ccccc5)c5nc(cc6[nH]c2c2ccccc62)-c2ccccc2-5)c2ccccc42)-c2ccccc2-3)cc1. The van der Waals surface area contributed by atoms with Gasteiger partial charge in [-0.1, -0.05) is 158 Å². The summed E-state index contributed by atoms with van der Waals surface area (Å²) in [7, 11) is 0. The molecular formula is C48H30N4. The van der Waals surface area contributed by atoms with Crippen LogP contribution in [0.25, 0.3) is 111 Å². The number of rotatable bonds is 2. The monoisotopic (exact) mass is 662 g/mol. The highest BCUT2D eigenvalue weighted by Crippen LogP contribution is 2.47. The van der Waals surface area contributed by atoms with Gasteiger partial charge in [0.1, 0.15) is 0 Å². The fourth-order valence-corrected chi connectivity index (χ4v) is 8.22. The number of hydrogen-bond acceptors (Lipinski definition) is 2. The highest BCUT2D eigenvalue weighted by atomic mass is 14.8. The first kappa shape index (κ1) is 28.8. The van der Waals surface area contributed by atoms with Crippen LogP contribution in [-0.4, -0.2) is 19.9 Å². The van der Waals surface area contributed by atoms with Crippen molar-refractivity contribution in [3.05, 3.63) is 170 Å². The minimum Gasteiger partial charge on any atom is -0.354 e. The largest absolute Gasteiger partial charge is 0.354 e. The number of fused-ring (bicyclic) bond motifs is 20. The van der Waals surface area contributed by atoms with Gasteiger partial charge in [0.05, 0.1) is 33.8 Å². The Hall–Kier alpha value is -7.04. The number of nitrogens with zero attached hydrogens (tertiary/aromatic N) is 2. The number of benzene rings is 6. The van der Waals surface area contributed by atoms with Crippen LogP contribution in [0, 0.1) is 0 Å². The first-order chi connectivity index (χ1) is 25.8. The summed E-state index contributed by atoms with van der Waals surface area (Å²) in [6.45, 7) is 0. The third kappa shape index (κ3) is 4.28. The average Bonchev–Trinajstić information content (AvgIpc) is 3.96. The van der Waals surface area contributed by atoms with Crippen molar-refractivity contribution in [3.63, 3.8) is 0 Å². The Morgan fingerprint density at radius 2 is 0.673 bits per heavy atom. The van der Waals surface area contributed by atoms with Gasteiger partial charge in [-0.05, 0) is 23.3 Å². The predicted octanol–water partition coefficient (Wildman–Crippen LogP) is 12.6. The van der Waals surface area contributed by atoms with Gasteiger partial charge in [0, 0.05) is 66.0 Å². The van der Waals surface area contributed by atoms with Crippen LogP contribution in [0.4, 0.5) is 0 Å². The van der Waals surface area contributed by atoms with Gasteiger partial charge in [-0.2, -0.15) is 0 Å². The second-order valence-electron chi connectivity index (χ2n) is 13.5. The van der Waals surface area contributed by atoms with E-state index in [0.717, 1.165) is 111 Å². The number of aromatic amines is 2. The standard InChI is InChI=1S/C48H30N4/c1-3-15-29(16-4-1)43-45-35-23-11-7-19-31(35)39(49-45)27-41-33-21-9-13-25-37(33)47(51-41)44(30-17-5-2-6-18-30)48-38-26-14-10-22-34(38)42(52-48)28-40-32-20-8-12-24-36(32)46(43)50-40/h1-28,49,52H. The van der Waals surface area contributed by atoms with Crippen LogP contribution in [0.5, 0.6) is 0 Å². The van der Waals surface area contributed by atoms with E-state index in [4.69, 9.17) is 9.97 Å². The second kappa shape index (κ2) is 11.2. The van der Waals surface area contributed by atoms with Crippen LogP contribution < -0.4 is 0 Å². The summed E-state index contributed by atoms with van der Waals surface area (Å²) in [5.41, 5.74) is 16.6. The number of hydrogen-bond donors (Lipinski definition) is 2. The van der Waals surface area contributed by atoms with Crippen LogP contribution in [-0.2, 0) is 0 Å². The Kier molecular flexibility index (Phi) is 6.22. The summed E-state index contributed by atoms with van der Waals surface area (Å²) in [6.07, 6.45) is 0. The van der Waals surface area contributed by atoms with Crippen LogP contribution in [0.3, 0.4) is 0 Å². The lowest BCUT2D eigenvalue weighted by Crippen LogP contribution is -1.85. The first-order valence-electron chi connectivity index (χ1n) is 17.7. The molecule has 0 saturated heterocycles. The van der Waals surface area contributed by atoms with Gasteiger partial charge in [-0.15, -0.1) is 0 Å². The maximum absolute atomic E-state index is 5.53. The van der Waals surface area contributed by atoms with Crippen LogP contribution in [0.15, 0.2) is 170 Å². The highest BCUT2D eigenvalue weighted by molar-refractivity contribution is 6.16. The average molecular weight is 663 g/mol. The van der Waals surface area contributed by atoms with E-state index in [0.29, 0.717) is 0 Å².